The number of hydrogen-bond donors (Lipinski definition) is 0. The minimum absolute atomic E-state index is 0.0715. The van der Waals surface area contributed by atoms with Crippen LogP contribution >= 0.6 is 0 Å². The van der Waals surface area contributed by atoms with Crippen molar-refractivity contribution in [2.45, 2.75) is 65.7 Å². The molecule has 1 atom stereocenters. The van der Waals surface area contributed by atoms with Gasteiger partial charge in [0.05, 0.1) is 11.6 Å². The summed E-state index contributed by atoms with van der Waals surface area (Å²) in [6.45, 7) is 12.0. The molecule has 1 heterocycles. The van der Waals surface area contributed by atoms with Crippen LogP contribution in [0.3, 0.4) is 0 Å². The van der Waals surface area contributed by atoms with Crippen LogP contribution in [-0.2, 0) is 9.59 Å². The lowest BCUT2D eigenvalue weighted by Crippen LogP contribution is -2.35. The molecular weight excluding hydrogens is 324 g/mol. The number of benzene rings is 1. The zero-order valence-electron chi connectivity index (χ0n) is 17.2. The molecule has 0 N–H and O–H groups in total. The molecule has 4 heteroatoms. The molecule has 2 rings (SSSR count). The fourth-order valence-corrected chi connectivity index (χ4v) is 3.73. The van der Waals surface area contributed by atoms with Crippen LogP contribution in [0.5, 0.6) is 0 Å². The van der Waals surface area contributed by atoms with Crippen molar-refractivity contribution < 1.29 is 9.59 Å². The summed E-state index contributed by atoms with van der Waals surface area (Å²) in [7, 11) is 1.85. The Balaban J connectivity index is 2.30. The summed E-state index contributed by atoms with van der Waals surface area (Å²) in [5.41, 5.74) is 3.42. The quantitative estimate of drug-likeness (QED) is 0.718. The molecule has 1 aromatic rings. The molecule has 26 heavy (non-hydrogen) atoms. The molecule has 1 saturated heterocycles. The van der Waals surface area contributed by atoms with Crippen molar-refractivity contribution in [3.05, 3.63) is 29.3 Å². The Bertz CT molecular complexity index is 625. The second-order valence-electron chi connectivity index (χ2n) is 8.11. The molecule has 2 amide bonds. The molecule has 0 aliphatic carbocycles. The van der Waals surface area contributed by atoms with Crippen LogP contribution in [0.15, 0.2) is 18.2 Å². The van der Waals surface area contributed by atoms with E-state index in [1.807, 2.05) is 11.9 Å². The van der Waals surface area contributed by atoms with Gasteiger partial charge in [-0.1, -0.05) is 59.2 Å². The average molecular weight is 359 g/mol. The lowest BCUT2D eigenvalue weighted by atomic mass is 9.92. The predicted octanol–water partition coefficient (Wildman–Crippen LogP) is 4.54. The maximum absolute atomic E-state index is 12.8. The van der Waals surface area contributed by atoms with Crippen LogP contribution in [0.4, 0.5) is 5.69 Å². The van der Waals surface area contributed by atoms with Crippen LogP contribution in [-0.4, -0.2) is 36.9 Å². The molecule has 0 bridgehead atoms. The molecule has 0 aromatic heterocycles. The van der Waals surface area contributed by atoms with Gasteiger partial charge in [0.2, 0.25) is 11.8 Å². The van der Waals surface area contributed by atoms with Gasteiger partial charge in [-0.15, -0.1) is 0 Å². The van der Waals surface area contributed by atoms with Crippen LogP contribution < -0.4 is 4.90 Å². The summed E-state index contributed by atoms with van der Waals surface area (Å²) < 4.78 is 0. The van der Waals surface area contributed by atoms with Gasteiger partial charge in [0, 0.05) is 26.6 Å². The summed E-state index contributed by atoms with van der Waals surface area (Å²) in [5, 5.41) is 0. The first-order valence-corrected chi connectivity index (χ1v) is 9.96. The highest BCUT2D eigenvalue weighted by molar-refractivity contribution is 6.01. The largest absolute Gasteiger partial charge is 0.345 e. The van der Waals surface area contributed by atoms with E-state index in [0.717, 1.165) is 25.1 Å². The van der Waals surface area contributed by atoms with E-state index in [-0.39, 0.29) is 17.7 Å². The maximum atomic E-state index is 12.8. The van der Waals surface area contributed by atoms with Crippen molar-refractivity contribution in [3.8, 4) is 0 Å². The molecular formula is C22H34N2O2. The standard InChI is InChI=1S/C22H34N2O2/c1-7-8-12-23(6)22(26)17-13-20(25)24(14-17)21-18(15(2)3)10-9-11-19(21)16(4)5/h9-11,15-17H,7-8,12-14H2,1-6H3. The molecule has 1 aliphatic rings. The zero-order valence-corrected chi connectivity index (χ0v) is 17.2. The molecule has 0 spiro atoms. The molecule has 144 valence electrons. The zero-order chi connectivity index (χ0) is 19.4. The van der Waals surface area contributed by atoms with Gasteiger partial charge in [-0.2, -0.15) is 0 Å². The Kier molecular flexibility index (Phi) is 6.85. The van der Waals surface area contributed by atoms with Gasteiger partial charge in [0.15, 0.2) is 0 Å². The first-order chi connectivity index (χ1) is 12.3. The number of para-hydroxylation sites is 1. The van der Waals surface area contributed by atoms with Crippen molar-refractivity contribution in [2.24, 2.45) is 5.92 Å². The number of hydrogen-bond acceptors (Lipinski definition) is 2. The van der Waals surface area contributed by atoms with E-state index in [2.05, 4.69) is 52.8 Å². The molecule has 0 saturated carbocycles. The van der Waals surface area contributed by atoms with Gasteiger partial charge in [-0.05, 0) is 29.4 Å². The topological polar surface area (TPSA) is 40.6 Å². The Morgan fingerprint density at radius 1 is 1.19 bits per heavy atom. The number of unbranched alkanes of at least 4 members (excludes halogenated alkanes) is 1. The second-order valence-corrected chi connectivity index (χ2v) is 8.11. The van der Waals surface area contributed by atoms with Crippen LogP contribution in [0.1, 0.15) is 76.8 Å². The van der Waals surface area contributed by atoms with E-state index in [0.29, 0.717) is 24.8 Å². The van der Waals surface area contributed by atoms with Gasteiger partial charge < -0.3 is 9.80 Å². The minimum Gasteiger partial charge on any atom is -0.345 e. The summed E-state index contributed by atoms with van der Waals surface area (Å²) in [4.78, 5) is 29.3. The number of nitrogens with zero attached hydrogens (tertiary/aromatic N) is 2. The van der Waals surface area contributed by atoms with Gasteiger partial charge >= 0.3 is 0 Å². The summed E-state index contributed by atoms with van der Waals surface area (Å²) >= 11 is 0. The minimum atomic E-state index is -0.232. The monoisotopic (exact) mass is 358 g/mol. The Morgan fingerprint density at radius 3 is 2.27 bits per heavy atom. The smallest absolute Gasteiger partial charge is 0.227 e. The van der Waals surface area contributed by atoms with Gasteiger partial charge in [0.25, 0.3) is 0 Å². The van der Waals surface area contributed by atoms with E-state index in [1.54, 1.807) is 4.90 Å². The fourth-order valence-electron chi connectivity index (χ4n) is 3.73. The fraction of sp³-hybridized carbons (Fsp3) is 0.636. The molecule has 4 nitrogen and oxygen atoms in total. The lowest BCUT2D eigenvalue weighted by Gasteiger charge is -2.27. The van der Waals surface area contributed by atoms with Crippen LogP contribution in [0, 0.1) is 5.92 Å². The molecule has 1 fully saturated rings. The van der Waals surface area contributed by atoms with Crippen molar-refractivity contribution in [1.82, 2.24) is 4.90 Å². The summed E-state index contributed by atoms with van der Waals surface area (Å²) in [6.07, 6.45) is 2.38. The summed E-state index contributed by atoms with van der Waals surface area (Å²) in [6, 6.07) is 6.30. The SMILES string of the molecule is CCCCN(C)C(=O)C1CC(=O)N(c2c(C(C)C)cccc2C(C)C)C1. The molecule has 1 aliphatic heterocycles. The number of anilines is 1. The highest BCUT2D eigenvalue weighted by atomic mass is 16.2. The Morgan fingerprint density at radius 2 is 1.77 bits per heavy atom. The molecule has 1 aromatic carbocycles. The maximum Gasteiger partial charge on any atom is 0.227 e. The Hall–Kier alpha value is -1.84. The van der Waals surface area contributed by atoms with Crippen molar-refractivity contribution in [1.29, 1.82) is 0 Å². The first-order valence-electron chi connectivity index (χ1n) is 9.96. The number of rotatable bonds is 7. The Labute approximate surface area is 158 Å². The lowest BCUT2D eigenvalue weighted by molar-refractivity contribution is -0.134. The molecule has 0 radical (unpaired) electrons. The van der Waals surface area contributed by atoms with Crippen molar-refractivity contribution >= 4 is 17.5 Å². The van der Waals surface area contributed by atoms with E-state index >= 15 is 0 Å². The second kappa shape index (κ2) is 8.70. The normalized spacial score (nSPS) is 17.5. The first kappa shape index (κ1) is 20.5. The predicted molar refractivity (Wildman–Crippen MR) is 108 cm³/mol. The third-order valence-corrected chi connectivity index (χ3v) is 5.31. The average Bonchev–Trinajstić information content (AvgIpc) is 2.99. The van der Waals surface area contributed by atoms with Crippen molar-refractivity contribution in [2.75, 3.05) is 25.0 Å². The van der Waals surface area contributed by atoms with Gasteiger partial charge in [-0.25, -0.2) is 0 Å². The number of amides is 2. The highest BCUT2D eigenvalue weighted by Crippen LogP contribution is 2.38. The van der Waals surface area contributed by atoms with E-state index < -0.39 is 0 Å². The number of carbonyl (C=O) groups is 2. The van der Waals surface area contributed by atoms with Gasteiger partial charge in [0.1, 0.15) is 0 Å². The third-order valence-electron chi connectivity index (χ3n) is 5.31. The number of carbonyl (C=O) groups excluding carboxylic acids is 2. The van der Waals surface area contributed by atoms with Crippen LogP contribution in [0.25, 0.3) is 0 Å². The van der Waals surface area contributed by atoms with E-state index in [1.165, 1.54) is 11.1 Å². The molecule has 1 unspecified atom stereocenters. The van der Waals surface area contributed by atoms with Crippen LogP contribution in [0.2, 0.25) is 0 Å². The van der Waals surface area contributed by atoms with E-state index in [9.17, 15) is 9.59 Å². The van der Waals surface area contributed by atoms with Gasteiger partial charge in [-0.3, -0.25) is 9.59 Å². The third kappa shape index (κ3) is 4.28. The highest BCUT2D eigenvalue weighted by Gasteiger charge is 2.38. The summed E-state index contributed by atoms with van der Waals surface area (Å²) in [5.74, 6) is 0.603. The van der Waals surface area contributed by atoms with E-state index in [4.69, 9.17) is 0 Å². The van der Waals surface area contributed by atoms with Crippen molar-refractivity contribution in [3.63, 3.8) is 0 Å².